The van der Waals surface area contributed by atoms with Crippen molar-refractivity contribution in [1.82, 2.24) is 5.48 Å². The largest absolute Gasteiger partial charge is 0.288 e. The summed E-state index contributed by atoms with van der Waals surface area (Å²) < 4.78 is 52.9. The molecule has 9 heteroatoms. The Bertz CT molecular complexity index is 878. The number of nitrogens with one attached hydrogen (secondary N) is 2. The van der Waals surface area contributed by atoms with E-state index in [0.29, 0.717) is 11.6 Å². The van der Waals surface area contributed by atoms with Gasteiger partial charge in [-0.15, -0.1) is 0 Å². The average molecular weight is 354 g/mol. The molecule has 0 saturated heterocycles. The summed E-state index contributed by atoms with van der Waals surface area (Å²) in [7, 11) is -4.08. The molecule has 0 spiro atoms. The molecule has 0 aliphatic heterocycles. The number of amides is 1. The summed E-state index contributed by atoms with van der Waals surface area (Å²) >= 11 is 0. The van der Waals surface area contributed by atoms with Crippen LogP contribution in [0.4, 0.5) is 14.5 Å². The monoisotopic (exact) mass is 354 g/mol. The van der Waals surface area contributed by atoms with E-state index in [1.165, 1.54) is 35.8 Å². The number of hydroxylamine groups is 1. The molecule has 0 aliphatic rings. The number of anilines is 1. The summed E-state index contributed by atoms with van der Waals surface area (Å²) in [5.74, 6) is -2.62. The highest BCUT2D eigenvalue weighted by molar-refractivity contribution is 7.92. The Labute approximate surface area is 136 Å². The molecule has 0 radical (unpaired) electrons. The molecule has 2 aromatic rings. The van der Waals surface area contributed by atoms with Gasteiger partial charge in [-0.1, -0.05) is 12.1 Å². The highest BCUT2D eigenvalue weighted by Gasteiger charge is 2.15. The van der Waals surface area contributed by atoms with E-state index in [1.807, 2.05) is 0 Å². The molecule has 2 rings (SSSR count). The normalized spacial score (nSPS) is 11.5. The van der Waals surface area contributed by atoms with E-state index < -0.39 is 27.6 Å². The minimum absolute atomic E-state index is 0.168. The van der Waals surface area contributed by atoms with Gasteiger partial charge in [-0.3, -0.25) is 14.7 Å². The lowest BCUT2D eigenvalue weighted by atomic mass is 10.2. The summed E-state index contributed by atoms with van der Waals surface area (Å²) in [6.45, 7) is 0. The third-order valence-corrected chi connectivity index (χ3v) is 4.20. The Morgan fingerprint density at radius 1 is 1.08 bits per heavy atom. The Balaban J connectivity index is 2.29. The van der Waals surface area contributed by atoms with Crippen molar-refractivity contribution in [2.24, 2.45) is 0 Å². The maximum Gasteiger partial charge on any atom is 0.267 e. The third kappa shape index (κ3) is 4.61. The van der Waals surface area contributed by atoms with Gasteiger partial charge in [0.05, 0.1) is 10.6 Å². The van der Waals surface area contributed by atoms with Crippen LogP contribution in [0.5, 0.6) is 0 Å². The summed E-state index contributed by atoms with van der Waals surface area (Å²) in [5.41, 5.74) is 1.51. The second-order valence-electron chi connectivity index (χ2n) is 4.65. The fourth-order valence-electron chi connectivity index (χ4n) is 1.82. The van der Waals surface area contributed by atoms with Gasteiger partial charge in [-0.25, -0.2) is 22.7 Å². The van der Waals surface area contributed by atoms with Gasteiger partial charge in [-0.05, 0) is 35.9 Å². The maximum absolute atomic E-state index is 13.1. The van der Waals surface area contributed by atoms with Crippen LogP contribution in [0, 0.1) is 11.6 Å². The predicted octanol–water partition coefficient (Wildman–Crippen LogP) is 2.28. The van der Waals surface area contributed by atoms with Gasteiger partial charge >= 0.3 is 0 Å². The first-order chi connectivity index (χ1) is 11.3. The summed E-state index contributed by atoms with van der Waals surface area (Å²) in [6, 6.07) is 7.79. The van der Waals surface area contributed by atoms with Crippen molar-refractivity contribution in [2.75, 3.05) is 4.72 Å². The van der Waals surface area contributed by atoms with Crippen LogP contribution < -0.4 is 10.2 Å². The van der Waals surface area contributed by atoms with E-state index >= 15 is 0 Å². The minimum Gasteiger partial charge on any atom is -0.288 e. The van der Waals surface area contributed by atoms with Crippen LogP contribution in [-0.2, 0) is 14.8 Å². The van der Waals surface area contributed by atoms with E-state index in [4.69, 9.17) is 5.21 Å². The van der Waals surface area contributed by atoms with Crippen molar-refractivity contribution in [1.29, 1.82) is 0 Å². The predicted molar refractivity (Wildman–Crippen MR) is 82.6 cm³/mol. The molecule has 0 fully saturated rings. The van der Waals surface area contributed by atoms with E-state index in [9.17, 15) is 22.0 Å². The molecule has 0 atom stereocenters. The van der Waals surface area contributed by atoms with Crippen LogP contribution in [0.25, 0.3) is 6.08 Å². The van der Waals surface area contributed by atoms with E-state index in [0.717, 1.165) is 18.2 Å². The van der Waals surface area contributed by atoms with Crippen LogP contribution in [-0.4, -0.2) is 19.5 Å². The van der Waals surface area contributed by atoms with E-state index in [1.54, 1.807) is 0 Å². The standard InChI is InChI=1S/C15H12F2N2O4S/c16-11-7-12(17)9-13(8-11)19-24(22,23)14-3-1-2-10(6-14)4-5-15(20)18-21/h1-9,19,21H,(H,18,20)/b5-4+. The van der Waals surface area contributed by atoms with Crippen LogP contribution in [0.2, 0.25) is 0 Å². The first-order valence-corrected chi connectivity index (χ1v) is 7.99. The van der Waals surface area contributed by atoms with Crippen molar-refractivity contribution in [2.45, 2.75) is 4.90 Å². The van der Waals surface area contributed by atoms with Crippen LogP contribution in [0.3, 0.4) is 0 Å². The number of hydrogen-bond donors (Lipinski definition) is 3. The van der Waals surface area contributed by atoms with Gasteiger partial charge < -0.3 is 0 Å². The highest BCUT2D eigenvalue weighted by atomic mass is 32.2. The molecule has 2 aromatic carbocycles. The molecule has 0 bridgehead atoms. The molecule has 0 unspecified atom stereocenters. The molecule has 6 nitrogen and oxygen atoms in total. The van der Waals surface area contributed by atoms with Crippen LogP contribution in [0.15, 0.2) is 53.4 Å². The zero-order valence-corrected chi connectivity index (χ0v) is 12.8. The highest BCUT2D eigenvalue weighted by Crippen LogP contribution is 2.19. The molecule has 3 N–H and O–H groups in total. The molecule has 24 heavy (non-hydrogen) atoms. The Hall–Kier alpha value is -2.78. The Morgan fingerprint density at radius 2 is 1.75 bits per heavy atom. The number of sulfonamides is 1. The second-order valence-corrected chi connectivity index (χ2v) is 6.33. The zero-order chi connectivity index (χ0) is 17.7. The SMILES string of the molecule is O=C(/C=C/c1cccc(S(=O)(=O)Nc2cc(F)cc(F)c2)c1)NO. The zero-order valence-electron chi connectivity index (χ0n) is 12.0. The molecule has 126 valence electrons. The van der Waals surface area contributed by atoms with Gasteiger partial charge in [-0.2, -0.15) is 0 Å². The fourth-order valence-corrected chi connectivity index (χ4v) is 2.92. The molecular formula is C15H12F2N2O4S. The van der Waals surface area contributed by atoms with Gasteiger partial charge in [0.1, 0.15) is 11.6 Å². The fraction of sp³-hybridized carbons (Fsp3) is 0. The van der Waals surface area contributed by atoms with Crippen molar-refractivity contribution in [3.63, 3.8) is 0 Å². The smallest absolute Gasteiger partial charge is 0.267 e. The quantitative estimate of drug-likeness (QED) is 0.436. The van der Waals surface area contributed by atoms with E-state index in [-0.39, 0.29) is 10.6 Å². The lowest BCUT2D eigenvalue weighted by Gasteiger charge is -2.09. The average Bonchev–Trinajstić information content (AvgIpc) is 2.51. The van der Waals surface area contributed by atoms with E-state index in [2.05, 4.69) is 4.72 Å². The van der Waals surface area contributed by atoms with Crippen molar-refractivity contribution >= 4 is 27.7 Å². The van der Waals surface area contributed by atoms with Crippen molar-refractivity contribution in [3.8, 4) is 0 Å². The third-order valence-electron chi connectivity index (χ3n) is 2.82. The molecule has 0 aliphatic carbocycles. The Kier molecular flexibility index (Phi) is 5.27. The van der Waals surface area contributed by atoms with Crippen molar-refractivity contribution in [3.05, 3.63) is 65.7 Å². The maximum atomic E-state index is 13.1. The molecule has 0 heterocycles. The van der Waals surface area contributed by atoms with Crippen LogP contribution in [0.1, 0.15) is 5.56 Å². The Morgan fingerprint density at radius 3 is 2.38 bits per heavy atom. The summed E-state index contributed by atoms with van der Waals surface area (Å²) in [4.78, 5) is 10.8. The summed E-state index contributed by atoms with van der Waals surface area (Å²) in [6.07, 6.45) is 2.29. The number of carbonyl (C=O) groups is 1. The molecule has 0 saturated carbocycles. The first kappa shape index (κ1) is 17.6. The lowest BCUT2D eigenvalue weighted by molar-refractivity contribution is -0.124. The van der Waals surface area contributed by atoms with Crippen LogP contribution >= 0.6 is 0 Å². The first-order valence-electron chi connectivity index (χ1n) is 6.51. The lowest BCUT2D eigenvalue weighted by Crippen LogP contribution is -2.15. The number of halogens is 2. The van der Waals surface area contributed by atoms with Gasteiger partial charge in [0.15, 0.2) is 0 Å². The molecule has 1 amide bonds. The van der Waals surface area contributed by atoms with Crippen molar-refractivity contribution < 1.29 is 27.2 Å². The number of benzene rings is 2. The van der Waals surface area contributed by atoms with Gasteiger partial charge in [0, 0.05) is 12.1 Å². The molecule has 0 aromatic heterocycles. The number of hydrogen-bond acceptors (Lipinski definition) is 4. The summed E-state index contributed by atoms with van der Waals surface area (Å²) in [5, 5.41) is 8.39. The second kappa shape index (κ2) is 7.20. The topological polar surface area (TPSA) is 95.5 Å². The minimum atomic E-state index is -4.08. The van der Waals surface area contributed by atoms with Gasteiger partial charge in [0.25, 0.3) is 15.9 Å². The number of carbonyl (C=O) groups excluding carboxylic acids is 1. The number of rotatable bonds is 5. The molecular weight excluding hydrogens is 342 g/mol. The van der Waals surface area contributed by atoms with Gasteiger partial charge in [0.2, 0.25) is 0 Å².